The lowest BCUT2D eigenvalue weighted by Gasteiger charge is -2.27. The zero-order valence-corrected chi connectivity index (χ0v) is 18.4. The molecule has 166 valence electrons. The summed E-state index contributed by atoms with van der Waals surface area (Å²) in [5, 5.41) is 20.9. The molecule has 4 rings (SSSR count). The lowest BCUT2D eigenvalue weighted by atomic mass is 9.84. The van der Waals surface area contributed by atoms with E-state index >= 15 is 0 Å². The van der Waals surface area contributed by atoms with Crippen molar-refractivity contribution in [2.24, 2.45) is 0 Å². The SMILES string of the molecule is COc1ccc(OC)c(CC2(O)CCc3cccc(CCc4ccc(C(=O)O)cc4)c32)c1. The number of fused-ring (bicyclic) bond motifs is 1. The van der Waals surface area contributed by atoms with Crippen molar-refractivity contribution in [1.29, 1.82) is 0 Å². The molecule has 3 aromatic rings. The number of methoxy groups -OCH3 is 2. The van der Waals surface area contributed by atoms with E-state index in [-0.39, 0.29) is 5.56 Å². The topological polar surface area (TPSA) is 76.0 Å². The van der Waals surface area contributed by atoms with Gasteiger partial charge in [0.15, 0.2) is 0 Å². The fourth-order valence-corrected chi connectivity index (χ4v) is 4.74. The van der Waals surface area contributed by atoms with Crippen molar-refractivity contribution in [2.75, 3.05) is 14.2 Å². The van der Waals surface area contributed by atoms with Crippen LogP contribution in [0.4, 0.5) is 0 Å². The summed E-state index contributed by atoms with van der Waals surface area (Å²) in [6, 6.07) is 18.9. The van der Waals surface area contributed by atoms with E-state index in [2.05, 4.69) is 18.2 Å². The minimum Gasteiger partial charge on any atom is -0.497 e. The third-order valence-electron chi connectivity index (χ3n) is 6.36. The molecule has 0 saturated carbocycles. The van der Waals surface area contributed by atoms with Crippen LogP contribution < -0.4 is 9.47 Å². The second-order valence-corrected chi connectivity index (χ2v) is 8.34. The van der Waals surface area contributed by atoms with Gasteiger partial charge in [-0.2, -0.15) is 0 Å². The second-order valence-electron chi connectivity index (χ2n) is 8.34. The normalized spacial score (nSPS) is 17.1. The quantitative estimate of drug-likeness (QED) is 0.546. The fraction of sp³-hybridized carbons (Fsp3) is 0.296. The van der Waals surface area contributed by atoms with Crippen LogP contribution in [0.1, 0.15) is 44.6 Å². The van der Waals surface area contributed by atoms with Crippen LogP contribution in [-0.2, 0) is 31.3 Å². The summed E-state index contributed by atoms with van der Waals surface area (Å²) >= 11 is 0. The van der Waals surface area contributed by atoms with Gasteiger partial charge in [0.2, 0.25) is 0 Å². The summed E-state index contributed by atoms with van der Waals surface area (Å²) in [5.74, 6) is 0.555. The molecule has 0 amide bonds. The third-order valence-corrected chi connectivity index (χ3v) is 6.36. The Bertz CT molecular complexity index is 1120. The highest BCUT2D eigenvalue weighted by atomic mass is 16.5. The third kappa shape index (κ3) is 4.34. The molecule has 0 aliphatic heterocycles. The molecule has 2 N–H and O–H groups in total. The predicted molar refractivity (Wildman–Crippen MR) is 123 cm³/mol. The highest BCUT2D eigenvalue weighted by Crippen LogP contribution is 2.43. The Morgan fingerprint density at radius 3 is 2.44 bits per heavy atom. The maximum atomic E-state index is 11.8. The highest BCUT2D eigenvalue weighted by molar-refractivity contribution is 5.87. The molecule has 0 fully saturated rings. The van der Waals surface area contributed by atoms with Crippen LogP contribution in [0.5, 0.6) is 11.5 Å². The number of benzene rings is 3. The molecule has 0 saturated heterocycles. The standard InChI is InChI=1S/C27H28O5/c1-31-23-12-13-24(32-2)22(16-23)17-27(30)15-14-20-5-3-4-19(25(20)27)9-6-18-7-10-21(11-8-18)26(28)29/h3-5,7-8,10-13,16,30H,6,9,14-15,17H2,1-2H3,(H,28,29). The molecule has 0 aromatic heterocycles. The van der Waals surface area contributed by atoms with Crippen LogP contribution >= 0.6 is 0 Å². The first kappa shape index (κ1) is 21.9. The molecular formula is C27H28O5. The number of hydrogen-bond donors (Lipinski definition) is 2. The van der Waals surface area contributed by atoms with E-state index < -0.39 is 11.6 Å². The number of ether oxygens (including phenoxy) is 2. The first-order valence-corrected chi connectivity index (χ1v) is 10.8. The zero-order chi connectivity index (χ0) is 22.7. The fourth-order valence-electron chi connectivity index (χ4n) is 4.74. The van der Waals surface area contributed by atoms with Crippen LogP contribution in [0.2, 0.25) is 0 Å². The second kappa shape index (κ2) is 9.05. The van der Waals surface area contributed by atoms with E-state index in [1.54, 1.807) is 26.4 Å². The van der Waals surface area contributed by atoms with Gasteiger partial charge in [-0.25, -0.2) is 4.79 Å². The maximum Gasteiger partial charge on any atom is 0.335 e. The van der Waals surface area contributed by atoms with Gasteiger partial charge in [0, 0.05) is 12.0 Å². The summed E-state index contributed by atoms with van der Waals surface area (Å²) in [6.07, 6.45) is 3.49. The van der Waals surface area contributed by atoms with Crippen LogP contribution in [0.15, 0.2) is 60.7 Å². The zero-order valence-electron chi connectivity index (χ0n) is 18.4. The number of carbonyl (C=O) groups is 1. The molecule has 3 aromatic carbocycles. The van der Waals surface area contributed by atoms with Gasteiger partial charge in [-0.3, -0.25) is 0 Å². The maximum absolute atomic E-state index is 11.8. The molecule has 32 heavy (non-hydrogen) atoms. The number of carboxylic acids is 1. The molecule has 0 bridgehead atoms. The smallest absolute Gasteiger partial charge is 0.335 e. The summed E-state index contributed by atoms with van der Waals surface area (Å²) in [6.45, 7) is 0. The molecule has 1 aliphatic carbocycles. The van der Waals surface area contributed by atoms with Gasteiger partial charge in [0.05, 0.1) is 25.4 Å². The molecule has 0 spiro atoms. The van der Waals surface area contributed by atoms with E-state index in [0.29, 0.717) is 12.8 Å². The predicted octanol–water partition coefficient (Wildman–Crippen LogP) is 4.56. The summed E-state index contributed by atoms with van der Waals surface area (Å²) < 4.78 is 10.9. The van der Waals surface area contributed by atoms with Crippen molar-refractivity contribution in [3.8, 4) is 11.5 Å². The summed E-state index contributed by atoms with van der Waals surface area (Å²) in [7, 11) is 3.27. The van der Waals surface area contributed by atoms with E-state index in [9.17, 15) is 9.90 Å². The molecular weight excluding hydrogens is 404 g/mol. The molecule has 0 heterocycles. The Kier molecular flexibility index (Phi) is 6.19. The number of aryl methyl sites for hydroxylation is 3. The van der Waals surface area contributed by atoms with E-state index in [1.165, 1.54) is 5.56 Å². The number of aromatic carboxylic acids is 1. The number of hydrogen-bond acceptors (Lipinski definition) is 4. The molecule has 5 nitrogen and oxygen atoms in total. The van der Waals surface area contributed by atoms with Crippen molar-refractivity contribution in [2.45, 2.75) is 37.7 Å². The Hall–Kier alpha value is -3.31. The van der Waals surface area contributed by atoms with Crippen LogP contribution in [-0.4, -0.2) is 30.4 Å². The largest absolute Gasteiger partial charge is 0.497 e. The van der Waals surface area contributed by atoms with E-state index in [0.717, 1.165) is 53.0 Å². The Morgan fingerprint density at radius 1 is 0.969 bits per heavy atom. The molecule has 1 unspecified atom stereocenters. The van der Waals surface area contributed by atoms with Gasteiger partial charge >= 0.3 is 5.97 Å². The molecule has 1 aliphatic rings. The van der Waals surface area contributed by atoms with Gasteiger partial charge in [0.1, 0.15) is 11.5 Å². The number of rotatable bonds is 8. The van der Waals surface area contributed by atoms with Crippen molar-refractivity contribution in [3.05, 3.63) is 94.0 Å². The highest BCUT2D eigenvalue weighted by Gasteiger charge is 2.39. The van der Waals surface area contributed by atoms with Gasteiger partial charge in [-0.1, -0.05) is 30.3 Å². The minimum atomic E-state index is -0.973. The van der Waals surface area contributed by atoms with Crippen molar-refractivity contribution in [1.82, 2.24) is 0 Å². The van der Waals surface area contributed by atoms with Crippen LogP contribution in [0.25, 0.3) is 0 Å². The first-order chi connectivity index (χ1) is 15.4. The Labute approximate surface area is 188 Å². The Morgan fingerprint density at radius 2 is 1.75 bits per heavy atom. The van der Waals surface area contributed by atoms with Crippen LogP contribution in [0.3, 0.4) is 0 Å². The van der Waals surface area contributed by atoms with Crippen molar-refractivity contribution < 1.29 is 24.5 Å². The molecule has 5 heteroatoms. The summed E-state index contributed by atoms with van der Waals surface area (Å²) in [5.41, 5.74) is 4.64. The lowest BCUT2D eigenvalue weighted by Crippen LogP contribution is -2.27. The van der Waals surface area contributed by atoms with Gasteiger partial charge < -0.3 is 19.7 Å². The average Bonchev–Trinajstić information content (AvgIpc) is 3.14. The Balaban J connectivity index is 1.60. The monoisotopic (exact) mass is 432 g/mol. The van der Waals surface area contributed by atoms with Crippen molar-refractivity contribution in [3.63, 3.8) is 0 Å². The number of carboxylic acid groups (broad SMARTS) is 1. The minimum absolute atomic E-state index is 0.288. The molecule has 1 atom stereocenters. The summed E-state index contributed by atoms with van der Waals surface area (Å²) in [4.78, 5) is 11.1. The van der Waals surface area contributed by atoms with Crippen LogP contribution in [0, 0.1) is 0 Å². The first-order valence-electron chi connectivity index (χ1n) is 10.8. The van der Waals surface area contributed by atoms with E-state index in [4.69, 9.17) is 14.6 Å². The number of aliphatic hydroxyl groups is 1. The molecule has 0 radical (unpaired) electrons. The lowest BCUT2D eigenvalue weighted by molar-refractivity contribution is 0.0375. The average molecular weight is 433 g/mol. The van der Waals surface area contributed by atoms with Gasteiger partial charge in [-0.15, -0.1) is 0 Å². The van der Waals surface area contributed by atoms with Crippen molar-refractivity contribution >= 4 is 5.97 Å². The van der Waals surface area contributed by atoms with Gasteiger partial charge in [0.25, 0.3) is 0 Å². The van der Waals surface area contributed by atoms with E-state index in [1.807, 2.05) is 30.3 Å². The van der Waals surface area contributed by atoms with Gasteiger partial charge in [-0.05, 0) is 78.3 Å².